The predicted octanol–water partition coefficient (Wildman–Crippen LogP) is 1.79. The molecule has 3 nitrogen and oxygen atoms in total. The molecule has 1 aliphatic rings. The SMILES string of the molecule is C[C@H]1CCC(=O)N1Cc1ccco1. The number of furan rings is 1. The van der Waals surface area contributed by atoms with Gasteiger partial charge >= 0.3 is 0 Å². The highest BCUT2D eigenvalue weighted by Gasteiger charge is 2.27. The highest BCUT2D eigenvalue weighted by Crippen LogP contribution is 2.20. The second kappa shape index (κ2) is 3.24. The van der Waals surface area contributed by atoms with E-state index in [0.29, 0.717) is 19.0 Å². The van der Waals surface area contributed by atoms with Gasteiger partial charge in [-0.05, 0) is 25.5 Å². The van der Waals surface area contributed by atoms with Gasteiger partial charge in [0.2, 0.25) is 5.91 Å². The van der Waals surface area contributed by atoms with Gasteiger partial charge in [-0.3, -0.25) is 4.79 Å². The van der Waals surface area contributed by atoms with Crippen LogP contribution in [0, 0.1) is 0 Å². The van der Waals surface area contributed by atoms with Crippen LogP contribution in [0.4, 0.5) is 0 Å². The monoisotopic (exact) mass is 179 g/mol. The van der Waals surface area contributed by atoms with Gasteiger partial charge in [0.1, 0.15) is 5.76 Å². The lowest BCUT2D eigenvalue weighted by Crippen LogP contribution is -2.29. The topological polar surface area (TPSA) is 33.5 Å². The van der Waals surface area contributed by atoms with Crippen molar-refractivity contribution >= 4 is 5.91 Å². The van der Waals surface area contributed by atoms with Gasteiger partial charge in [-0.2, -0.15) is 0 Å². The number of hydrogen-bond acceptors (Lipinski definition) is 2. The van der Waals surface area contributed by atoms with Gasteiger partial charge in [0.15, 0.2) is 0 Å². The van der Waals surface area contributed by atoms with Crippen LogP contribution in [0.3, 0.4) is 0 Å². The Hall–Kier alpha value is -1.25. The van der Waals surface area contributed by atoms with Gasteiger partial charge < -0.3 is 9.32 Å². The van der Waals surface area contributed by atoms with Crippen molar-refractivity contribution in [1.82, 2.24) is 4.90 Å². The number of carbonyl (C=O) groups excluding carboxylic acids is 1. The van der Waals surface area contributed by atoms with Crippen molar-refractivity contribution in [3.05, 3.63) is 24.2 Å². The molecule has 1 amide bonds. The van der Waals surface area contributed by atoms with Crippen LogP contribution >= 0.6 is 0 Å². The highest BCUT2D eigenvalue weighted by atomic mass is 16.3. The van der Waals surface area contributed by atoms with Crippen LogP contribution in [0.2, 0.25) is 0 Å². The molecule has 1 fully saturated rings. The largest absolute Gasteiger partial charge is 0.467 e. The maximum absolute atomic E-state index is 11.4. The zero-order chi connectivity index (χ0) is 9.26. The molecule has 0 bridgehead atoms. The van der Waals surface area contributed by atoms with E-state index in [2.05, 4.69) is 6.92 Å². The molecule has 2 heterocycles. The van der Waals surface area contributed by atoms with Crippen LogP contribution in [0.25, 0.3) is 0 Å². The van der Waals surface area contributed by atoms with Crippen LogP contribution in [-0.4, -0.2) is 16.8 Å². The summed E-state index contributed by atoms with van der Waals surface area (Å²) in [5, 5.41) is 0. The van der Waals surface area contributed by atoms with Crippen molar-refractivity contribution in [3.63, 3.8) is 0 Å². The van der Waals surface area contributed by atoms with Gasteiger partial charge in [-0.1, -0.05) is 0 Å². The molecule has 0 spiro atoms. The second-order valence-electron chi connectivity index (χ2n) is 3.49. The summed E-state index contributed by atoms with van der Waals surface area (Å²) >= 11 is 0. The molecule has 3 heteroatoms. The molecule has 0 aromatic carbocycles. The van der Waals surface area contributed by atoms with Gasteiger partial charge in [0.05, 0.1) is 12.8 Å². The molecule has 0 unspecified atom stereocenters. The Balaban J connectivity index is 2.05. The fourth-order valence-corrected chi connectivity index (χ4v) is 1.69. The van der Waals surface area contributed by atoms with Crippen LogP contribution in [0.5, 0.6) is 0 Å². The third-order valence-electron chi connectivity index (χ3n) is 2.53. The van der Waals surface area contributed by atoms with Crippen LogP contribution in [0.15, 0.2) is 22.8 Å². The average Bonchev–Trinajstić information content (AvgIpc) is 2.70. The first-order valence-corrected chi connectivity index (χ1v) is 4.59. The molecule has 1 aromatic heterocycles. The lowest BCUT2D eigenvalue weighted by atomic mass is 10.2. The van der Waals surface area contributed by atoms with Crippen molar-refractivity contribution in [2.75, 3.05) is 0 Å². The van der Waals surface area contributed by atoms with E-state index in [1.807, 2.05) is 17.0 Å². The number of likely N-dealkylation sites (tertiary alicyclic amines) is 1. The van der Waals surface area contributed by atoms with E-state index in [0.717, 1.165) is 12.2 Å². The fourth-order valence-electron chi connectivity index (χ4n) is 1.69. The zero-order valence-corrected chi connectivity index (χ0v) is 7.69. The summed E-state index contributed by atoms with van der Waals surface area (Å²) < 4.78 is 5.20. The van der Waals surface area contributed by atoms with E-state index < -0.39 is 0 Å². The summed E-state index contributed by atoms with van der Waals surface area (Å²) in [6.45, 7) is 2.70. The molecule has 1 aromatic rings. The van der Waals surface area contributed by atoms with Crippen molar-refractivity contribution in [1.29, 1.82) is 0 Å². The van der Waals surface area contributed by atoms with Gasteiger partial charge in [0, 0.05) is 12.5 Å². The molecule has 2 rings (SSSR count). The molecule has 13 heavy (non-hydrogen) atoms. The van der Waals surface area contributed by atoms with Crippen molar-refractivity contribution < 1.29 is 9.21 Å². The Kier molecular flexibility index (Phi) is 2.08. The molecule has 0 N–H and O–H groups in total. The fraction of sp³-hybridized carbons (Fsp3) is 0.500. The maximum atomic E-state index is 11.4. The number of carbonyl (C=O) groups is 1. The first-order valence-electron chi connectivity index (χ1n) is 4.59. The van der Waals surface area contributed by atoms with Crippen LogP contribution in [-0.2, 0) is 11.3 Å². The lowest BCUT2D eigenvalue weighted by Gasteiger charge is -2.19. The standard InChI is InChI=1S/C10H13NO2/c1-8-4-5-10(12)11(8)7-9-3-2-6-13-9/h2-3,6,8H,4-5,7H2,1H3/t8-/m0/s1. The van der Waals surface area contributed by atoms with E-state index in [1.54, 1.807) is 6.26 Å². The third kappa shape index (κ3) is 1.59. The number of amides is 1. The zero-order valence-electron chi connectivity index (χ0n) is 7.69. The normalized spacial score (nSPS) is 22.7. The van der Waals surface area contributed by atoms with E-state index in [4.69, 9.17) is 4.42 Å². The Bertz CT molecular complexity index is 292. The summed E-state index contributed by atoms with van der Waals surface area (Å²) in [6.07, 6.45) is 3.29. The predicted molar refractivity (Wildman–Crippen MR) is 48.0 cm³/mol. The molecule has 70 valence electrons. The lowest BCUT2D eigenvalue weighted by molar-refractivity contribution is -0.129. The minimum absolute atomic E-state index is 0.240. The highest BCUT2D eigenvalue weighted by molar-refractivity contribution is 5.78. The summed E-state index contributed by atoms with van der Waals surface area (Å²) in [4.78, 5) is 13.3. The quantitative estimate of drug-likeness (QED) is 0.693. The Labute approximate surface area is 77.3 Å². The molecule has 1 atom stereocenters. The van der Waals surface area contributed by atoms with E-state index in [-0.39, 0.29) is 5.91 Å². The van der Waals surface area contributed by atoms with Crippen molar-refractivity contribution in [2.24, 2.45) is 0 Å². The Morgan fingerprint density at radius 1 is 1.69 bits per heavy atom. The maximum Gasteiger partial charge on any atom is 0.223 e. The Morgan fingerprint density at radius 2 is 2.54 bits per heavy atom. The molecular weight excluding hydrogens is 166 g/mol. The number of hydrogen-bond donors (Lipinski definition) is 0. The van der Waals surface area contributed by atoms with E-state index in [9.17, 15) is 4.79 Å². The number of nitrogens with zero attached hydrogens (tertiary/aromatic N) is 1. The van der Waals surface area contributed by atoms with E-state index >= 15 is 0 Å². The van der Waals surface area contributed by atoms with Crippen LogP contribution in [0.1, 0.15) is 25.5 Å². The van der Waals surface area contributed by atoms with Crippen LogP contribution < -0.4 is 0 Å². The minimum Gasteiger partial charge on any atom is -0.467 e. The van der Waals surface area contributed by atoms with Gasteiger partial charge in [0.25, 0.3) is 0 Å². The summed E-state index contributed by atoms with van der Waals surface area (Å²) in [5.41, 5.74) is 0. The first-order chi connectivity index (χ1) is 6.27. The summed E-state index contributed by atoms with van der Waals surface area (Å²) in [6, 6.07) is 4.11. The van der Waals surface area contributed by atoms with Crippen molar-refractivity contribution in [3.8, 4) is 0 Å². The van der Waals surface area contributed by atoms with Gasteiger partial charge in [-0.15, -0.1) is 0 Å². The molecule has 1 saturated heterocycles. The summed E-state index contributed by atoms with van der Waals surface area (Å²) in [5.74, 6) is 1.10. The second-order valence-corrected chi connectivity index (χ2v) is 3.49. The van der Waals surface area contributed by atoms with Crippen molar-refractivity contribution in [2.45, 2.75) is 32.4 Å². The minimum atomic E-state index is 0.240. The molecular formula is C10H13NO2. The first kappa shape index (κ1) is 8.35. The Morgan fingerprint density at radius 3 is 3.08 bits per heavy atom. The number of rotatable bonds is 2. The van der Waals surface area contributed by atoms with E-state index in [1.165, 1.54) is 0 Å². The summed E-state index contributed by atoms with van der Waals surface area (Å²) in [7, 11) is 0. The molecule has 0 aliphatic carbocycles. The molecule has 0 radical (unpaired) electrons. The average molecular weight is 179 g/mol. The third-order valence-corrected chi connectivity index (χ3v) is 2.53. The van der Waals surface area contributed by atoms with Gasteiger partial charge in [-0.25, -0.2) is 0 Å². The molecule has 1 aliphatic heterocycles. The smallest absolute Gasteiger partial charge is 0.223 e. The molecule has 0 saturated carbocycles.